The molecule has 1 aromatic heterocycles. The average molecular weight is 500 g/mol. The number of carbonyl (C=O) groups is 2. The lowest BCUT2D eigenvalue weighted by Crippen LogP contribution is -2.57. The van der Waals surface area contributed by atoms with Gasteiger partial charge in [0.25, 0.3) is 0 Å². The molecule has 4 aromatic rings. The maximum atomic E-state index is 13.9. The van der Waals surface area contributed by atoms with Crippen LogP contribution in [0.4, 0.5) is 5.69 Å². The smallest absolute Gasteiger partial charge is 0.250 e. The number of amides is 2. The first-order valence-corrected chi connectivity index (χ1v) is 12.2. The Morgan fingerprint density at radius 2 is 1.81 bits per heavy atom. The van der Waals surface area contributed by atoms with E-state index in [-0.39, 0.29) is 31.7 Å². The van der Waals surface area contributed by atoms with Crippen LogP contribution in [0.15, 0.2) is 66.7 Å². The summed E-state index contributed by atoms with van der Waals surface area (Å²) < 4.78 is 12.4. The number of ether oxygens (including phenoxy) is 2. The van der Waals surface area contributed by atoms with Crippen LogP contribution < -0.4 is 14.8 Å². The Morgan fingerprint density at radius 3 is 2.62 bits per heavy atom. The lowest BCUT2D eigenvalue weighted by atomic mass is 9.93. The highest BCUT2D eigenvalue weighted by Gasteiger charge is 2.41. The van der Waals surface area contributed by atoms with Gasteiger partial charge >= 0.3 is 0 Å². The second kappa shape index (κ2) is 9.93. The molecule has 9 nitrogen and oxygen atoms in total. The van der Waals surface area contributed by atoms with Crippen molar-refractivity contribution in [3.05, 3.63) is 77.9 Å². The fourth-order valence-corrected chi connectivity index (χ4v) is 4.46. The lowest BCUT2D eigenvalue weighted by Gasteiger charge is -2.40. The monoisotopic (exact) mass is 499 g/mol. The van der Waals surface area contributed by atoms with Crippen molar-refractivity contribution < 1.29 is 19.1 Å². The third-order valence-electron chi connectivity index (χ3n) is 7.00. The number of nitrogens with one attached hydrogen (secondary N) is 1. The van der Waals surface area contributed by atoms with Gasteiger partial charge in [0.2, 0.25) is 18.6 Å². The van der Waals surface area contributed by atoms with Gasteiger partial charge < -0.3 is 19.7 Å². The summed E-state index contributed by atoms with van der Waals surface area (Å²) >= 11 is 0. The summed E-state index contributed by atoms with van der Waals surface area (Å²) in [5.74, 6) is 0.679. The van der Waals surface area contributed by atoms with Crippen LogP contribution >= 0.6 is 0 Å². The quantitative estimate of drug-likeness (QED) is 0.388. The number of hydrogen-bond donors (Lipinski definition) is 1. The third kappa shape index (κ3) is 4.72. The number of anilines is 1. The Kier molecular flexibility index (Phi) is 6.52. The van der Waals surface area contributed by atoms with Crippen LogP contribution in [0.3, 0.4) is 0 Å². The number of para-hydroxylation sites is 1. The molecule has 1 atom stereocenters. The van der Waals surface area contributed by atoms with Crippen LogP contribution in [0.2, 0.25) is 0 Å². The van der Waals surface area contributed by atoms with Gasteiger partial charge in [-0.15, -0.1) is 5.10 Å². The fraction of sp³-hybridized carbons (Fsp3) is 0.286. The molecule has 0 aliphatic carbocycles. The number of fused-ring (bicyclic) bond motifs is 2. The molecule has 0 radical (unpaired) electrons. The van der Waals surface area contributed by atoms with Crippen LogP contribution in [-0.2, 0) is 22.7 Å². The molecule has 0 bridgehead atoms. The minimum Gasteiger partial charge on any atom is -0.454 e. The normalized spacial score (nSPS) is 13.8. The lowest BCUT2D eigenvalue weighted by molar-refractivity contribution is -0.146. The first-order chi connectivity index (χ1) is 17.9. The molecule has 1 aliphatic rings. The minimum atomic E-state index is -1.15. The Bertz CT molecular complexity index is 1470. The van der Waals surface area contributed by atoms with Crippen LogP contribution in [0, 0.1) is 6.92 Å². The first-order valence-electron chi connectivity index (χ1n) is 12.2. The maximum Gasteiger partial charge on any atom is 0.250 e. The van der Waals surface area contributed by atoms with Gasteiger partial charge in [-0.3, -0.25) is 9.59 Å². The zero-order chi connectivity index (χ0) is 26.0. The number of carbonyl (C=O) groups excluding carboxylic acids is 2. The van der Waals surface area contributed by atoms with Gasteiger partial charge in [0, 0.05) is 18.3 Å². The highest BCUT2D eigenvalue weighted by Crippen LogP contribution is 2.35. The van der Waals surface area contributed by atoms with Crippen molar-refractivity contribution in [2.75, 3.05) is 12.1 Å². The summed E-state index contributed by atoms with van der Waals surface area (Å²) in [6, 6.07) is 20.6. The molecular formula is C28H29N5O4. The van der Waals surface area contributed by atoms with E-state index in [1.54, 1.807) is 34.7 Å². The van der Waals surface area contributed by atoms with Gasteiger partial charge in [-0.2, -0.15) is 0 Å². The summed E-state index contributed by atoms with van der Waals surface area (Å²) in [6.45, 7) is 6.08. The van der Waals surface area contributed by atoms with Crippen molar-refractivity contribution in [2.24, 2.45) is 0 Å². The number of hydrogen-bond acceptors (Lipinski definition) is 6. The van der Waals surface area contributed by atoms with Gasteiger partial charge in [0.05, 0.1) is 5.52 Å². The summed E-state index contributed by atoms with van der Waals surface area (Å²) in [4.78, 5) is 29.3. The van der Waals surface area contributed by atoms with Crippen LogP contribution in [0.1, 0.15) is 31.4 Å². The van der Waals surface area contributed by atoms with Crippen molar-refractivity contribution in [3.63, 3.8) is 0 Å². The molecule has 0 fully saturated rings. The molecule has 2 amide bonds. The fourth-order valence-electron chi connectivity index (χ4n) is 4.46. The van der Waals surface area contributed by atoms with Crippen LogP contribution in [0.25, 0.3) is 11.0 Å². The van der Waals surface area contributed by atoms with Crippen molar-refractivity contribution in [1.82, 2.24) is 19.9 Å². The summed E-state index contributed by atoms with van der Waals surface area (Å²) in [5.41, 5.74) is 2.90. The number of rotatable bonds is 8. The Balaban J connectivity index is 1.47. The zero-order valence-electron chi connectivity index (χ0n) is 21.1. The van der Waals surface area contributed by atoms with E-state index in [1.807, 2.05) is 62.4 Å². The summed E-state index contributed by atoms with van der Waals surface area (Å²) in [5, 5.41) is 11.3. The molecule has 1 aliphatic heterocycles. The standard InChI is InChI=1S/C28H29N5O4/c1-4-28(3,27(35)29-21-13-14-24-25(15-21)37-18-36-24)32(16-20-10-6-5-9-19(20)2)26(34)17-33-23-12-8-7-11-22(23)30-31-33/h5-15H,4,16-18H2,1-3H3,(H,29,35)/t28-/m0/s1. The number of aromatic nitrogens is 3. The van der Waals surface area contributed by atoms with E-state index in [1.165, 1.54) is 0 Å². The Morgan fingerprint density at radius 1 is 1.05 bits per heavy atom. The minimum absolute atomic E-state index is 0.0424. The first kappa shape index (κ1) is 24.3. The zero-order valence-corrected chi connectivity index (χ0v) is 21.1. The molecule has 3 aromatic carbocycles. The van der Waals surface area contributed by atoms with Gasteiger partial charge in [0.15, 0.2) is 11.5 Å². The molecular weight excluding hydrogens is 470 g/mol. The highest BCUT2D eigenvalue weighted by atomic mass is 16.7. The molecule has 190 valence electrons. The topological polar surface area (TPSA) is 98.6 Å². The molecule has 0 saturated carbocycles. The van der Waals surface area contributed by atoms with E-state index in [0.29, 0.717) is 29.1 Å². The Labute approximate surface area is 215 Å². The third-order valence-corrected chi connectivity index (χ3v) is 7.00. The van der Waals surface area contributed by atoms with Crippen molar-refractivity contribution in [1.29, 1.82) is 0 Å². The highest BCUT2D eigenvalue weighted by molar-refractivity contribution is 6.00. The largest absolute Gasteiger partial charge is 0.454 e. The predicted molar refractivity (Wildman–Crippen MR) is 139 cm³/mol. The molecule has 5 rings (SSSR count). The van der Waals surface area contributed by atoms with Gasteiger partial charge in [-0.1, -0.05) is 48.5 Å². The van der Waals surface area contributed by atoms with E-state index in [0.717, 1.165) is 16.6 Å². The maximum absolute atomic E-state index is 13.9. The molecule has 37 heavy (non-hydrogen) atoms. The molecule has 2 heterocycles. The van der Waals surface area contributed by atoms with E-state index in [4.69, 9.17) is 9.47 Å². The molecule has 0 saturated heterocycles. The van der Waals surface area contributed by atoms with E-state index in [2.05, 4.69) is 15.6 Å². The molecule has 0 spiro atoms. The van der Waals surface area contributed by atoms with Crippen LogP contribution in [-0.4, -0.2) is 44.0 Å². The SMILES string of the molecule is CC[C@@](C)(C(=O)Nc1ccc2c(c1)OCO2)N(Cc1ccccc1C)C(=O)Cn1nnc2ccccc21. The van der Waals surface area contributed by atoms with Crippen LogP contribution in [0.5, 0.6) is 11.5 Å². The predicted octanol–water partition coefficient (Wildman–Crippen LogP) is 4.30. The summed E-state index contributed by atoms with van der Waals surface area (Å²) in [6.07, 6.45) is 0.402. The summed E-state index contributed by atoms with van der Waals surface area (Å²) in [7, 11) is 0. The second-order valence-corrected chi connectivity index (χ2v) is 9.29. The molecule has 9 heteroatoms. The number of nitrogens with zero attached hydrogens (tertiary/aromatic N) is 4. The van der Waals surface area contributed by atoms with Gasteiger partial charge in [-0.25, -0.2) is 4.68 Å². The molecule has 0 unspecified atom stereocenters. The van der Waals surface area contributed by atoms with Crippen molar-refractivity contribution in [3.8, 4) is 11.5 Å². The number of benzene rings is 3. The molecule has 1 N–H and O–H groups in total. The van der Waals surface area contributed by atoms with Gasteiger partial charge in [0.1, 0.15) is 17.6 Å². The van der Waals surface area contributed by atoms with E-state index >= 15 is 0 Å². The van der Waals surface area contributed by atoms with Crippen molar-refractivity contribution >= 4 is 28.5 Å². The number of aryl methyl sites for hydroxylation is 1. The average Bonchev–Trinajstić information content (AvgIpc) is 3.54. The van der Waals surface area contributed by atoms with E-state index < -0.39 is 5.54 Å². The Hall–Kier alpha value is -4.40. The van der Waals surface area contributed by atoms with Crippen molar-refractivity contribution in [2.45, 2.75) is 45.8 Å². The van der Waals surface area contributed by atoms with Gasteiger partial charge in [-0.05, 0) is 55.7 Å². The second-order valence-electron chi connectivity index (χ2n) is 9.29. The van der Waals surface area contributed by atoms with E-state index in [9.17, 15) is 9.59 Å².